The van der Waals surface area contributed by atoms with Crippen LogP contribution in [0.1, 0.15) is 19.3 Å². The lowest BCUT2D eigenvalue weighted by molar-refractivity contribution is -0.165. The second-order valence-corrected chi connectivity index (χ2v) is 4.75. The van der Waals surface area contributed by atoms with Crippen molar-refractivity contribution >= 4 is 5.97 Å². The van der Waals surface area contributed by atoms with Crippen LogP contribution < -0.4 is 0 Å². The van der Waals surface area contributed by atoms with Crippen molar-refractivity contribution in [3.05, 3.63) is 0 Å². The Labute approximate surface area is 102 Å². The highest BCUT2D eigenvalue weighted by Gasteiger charge is 2.34. The normalized spacial score (nSPS) is 34.8. The van der Waals surface area contributed by atoms with Crippen LogP contribution in [0.3, 0.4) is 0 Å². The van der Waals surface area contributed by atoms with Crippen LogP contribution in [0.25, 0.3) is 0 Å². The summed E-state index contributed by atoms with van der Waals surface area (Å²) in [7, 11) is 3.60. The molecule has 1 saturated carbocycles. The molecule has 1 saturated heterocycles. The molecule has 0 spiro atoms. The highest BCUT2D eigenvalue weighted by molar-refractivity contribution is 5.76. The van der Waals surface area contributed by atoms with Gasteiger partial charge in [-0.25, -0.2) is 0 Å². The molecule has 0 aromatic rings. The number of hydrogen-bond acceptors (Lipinski definition) is 5. The van der Waals surface area contributed by atoms with Crippen LogP contribution in [0, 0.1) is 0 Å². The zero-order valence-electron chi connectivity index (χ0n) is 10.6. The predicted octanol–water partition coefficient (Wildman–Crippen LogP) is 0.428. The first-order chi connectivity index (χ1) is 8.22. The van der Waals surface area contributed by atoms with E-state index in [2.05, 4.69) is 0 Å². The van der Waals surface area contributed by atoms with Gasteiger partial charge in [0, 0.05) is 13.7 Å². The van der Waals surface area contributed by atoms with Crippen LogP contribution in [0.15, 0.2) is 0 Å². The lowest BCUT2D eigenvalue weighted by Crippen LogP contribution is -2.49. The second kappa shape index (κ2) is 5.80. The van der Waals surface area contributed by atoms with E-state index in [4.69, 9.17) is 14.2 Å². The first kappa shape index (κ1) is 12.8. The van der Waals surface area contributed by atoms with Gasteiger partial charge in [-0.05, 0) is 26.3 Å². The van der Waals surface area contributed by atoms with Crippen LogP contribution in [-0.4, -0.2) is 63.0 Å². The van der Waals surface area contributed by atoms with Crippen molar-refractivity contribution in [2.45, 2.75) is 37.5 Å². The van der Waals surface area contributed by atoms with Crippen LogP contribution in [0.5, 0.6) is 0 Å². The van der Waals surface area contributed by atoms with Crippen molar-refractivity contribution < 1.29 is 19.0 Å². The number of carbonyl (C=O) groups excluding carboxylic acids is 1. The smallest absolute Gasteiger partial charge is 0.326 e. The molecule has 2 aliphatic rings. The average molecular weight is 243 g/mol. The maximum absolute atomic E-state index is 12.0. The highest BCUT2D eigenvalue weighted by Crippen LogP contribution is 2.25. The minimum Gasteiger partial charge on any atom is -0.458 e. The standard InChI is InChI=1S/C12H21NO4/c1-13-6-7-16-8-9(13)12(14)17-11-5-3-4-10(11)15-2/h9-11H,3-8H2,1-2H3/t9-,10+,11+/m0/s1. The van der Waals surface area contributed by atoms with E-state index in [1.165, 1.54) is 0 Å². The Balaban J connectivity index is 1.87. The molecule has 1 aliphatic heterocycles. The van der Waals surface area contributed by atoms with Gasteiger partial charge in [0.25, 0.3) is 0 Å². The van der Waals surface area contributed by atoms with Gasteiger partial charge in [-0.15, -0.1) is 0 Å². The molecule has 1 heterocycles. The molecule has 3 atom stereocenters. The summed E-state index contributed by atoms with van der Waals surface area (Å²) in [6.07, 6.45) is 2.93. The zero-order valence-corrected chi connectivity index (χ0v) is 10.6. The van der Waals surface area contributed by atoms with Gasteiger partial charge in [0.2, 0.25) is 0 Å². The van der Waals surface area contributed by atoms with E-state index in [0.29, 0.717) is 13.2 Å². The second-order valence-electron chi connectivity index (χ2n) is 4.75. The molecule has 0 aromatic heterocycles. The quantitative estimate of drug-likeness (QED) is 0.673. The summed E-state index contributed by atoms with van der Waals surface area (Å²) in [5.41, 5.74) is 0. The van der Waals surface area contributed by atoms with Gasteiger partial charge in [-0.1, -0.05) is 0 Å². The van der Waals surface area contributed by atoms with Gasteiger partial charge in [-0.2, -0.15) is 0 Å². The fraction of sp³-hybridized carbons (Fsp3) is 0.917. The van der Waals surface area contributed by atoms with E-state index in [1.54, 1.807) is 7.11 Å². The number of morpholine rings is 1. The molecule has 0 radical (unpaired) electrons. The summed E-state index contributed by atoms with van der Waals surface area (Å²) >= 11 is 0. The van der Waals surface area contributed by atoms with Crippen molar-refractivity contribution in [2.24, 2.45) is 0 Å². The minimum absolute atomic E-state index is 0.0637. The minimum atomic E-state index is -0.262. The Bertz CT molecular complexity index is 271. The summed E-state index contributed by atoms with van der Waals surface area (Å²) in [4.78, 5) is 14.0. The van der Waals surface area contributed by atoms with E-state index in [9.17, 15) is 4.79 Å². The van der Waals surface area contributed by atoms with E-state index in [1.807, 2.05) is 11.9 Å². The summed E-state index contributed by atoms with van der Waals surface area (Å²) in [5, 5.41) is 0. The maximum atomic E-state index is 12.0. The maximum Gasteiger partial charge on any atom is 0.326 e. The lowest BCUT2D eigenvalue weighted by atomic mass is 10.2. The summed E-state index contributed by atoms with van der Waals surface area (Å²) < 4.78 is 16.2. The number of nitrogens with zero attached hydrogens (tertiary/aromatic N) is 1. The Morgan fingerprint density at radius 1 is 1.35 bits per heavy atom. The molecule has 0 amide bonds. The Morgan fingerprint density at radius 3 is 2.82 bits per heavy atom. The van der Waals surface area contributed by atoms with Crippen molar-refractivity contribution in [1.82, 2.24) is 4.90 Å². The first-order valence-corrected chi connectivity index (χ1v) is 6.23. The van der Waals surface area contributed by atoms with Crippen LogP contribution in [0.2, 0.25) is 0 Å². The molecule has 1 aliphatic carbocycles. The molecule has 2 rings (SSSR count). The number of likely N-dealkylation sites (N-methyl/N-ethyl adjacent to an activating group) is 1. The molecular formula is C12H21NO4. The topological polar surface area (TPSA) is 48.0 Å². The fourth-order valence-corrected chi connectivity index (χ4v) is 2.46. The van der Waals surface area contributed by atoms with Crippen LogP contribution in [-0.2, 0) is 19.0 Å². The van der Waals surface area contributed by atoms with E-state index in [0.717, 1.165) is 25.8 Å². The largest absolute Gasteiger partial charge is 0.458 e. The van der Waals surface area contributed by atoms with Crippen molar-refractivity contribution in [3.63, 3.8) is 0 Å². The molecular weight excluding hydrogens is 222 g/mol. The van der Waals surface area contributed by atoms with Crippen molar-refractivity contribution in [2.75, 3.05) is 33.9 Å². The van der Waals surface area contributed by atoms with Gasteiger partial charge < -0.3 is 14.2 Å². The molecule has 17 heavy (non-hydrogen) atoms. The van der Waals surface area contributed by atoms with E-state index in [-0.39, 0.29) is 24.2 Å². The number of carbonyl (C=O) groups is 1. The highest BCUT2D eigenvalue weighted by atomic mass is 16.6. The third-order valence-corrected chi connectivity index (χ3v) is 3.63. The van der Waals surface area contributed by atoms with Gasteiger partial charge in [-0.3, -0.25) is 9.69 Å². The molecule has 98 valence electrons. The summed E-state index contributed by atoms with van der Waals surface area (Å²) in [5.74, 6) is -0.179. The van der Waals surface area contributed by atoms with Gasteiger partial charge in [0.15, 0.2) is 0 Å². The SMILES string of the molecule is CO[C@@H]1CCC[C@H]1OC(=O)[C@@H]1COCCN1C. The van der Waals surface area contributed by atoms with E-state index < -0.39 is 0 Å². The van der Waals surface area contributed by atoms with Crippen molar-refractivity contribution in [1.29, 1.82) is 0 Å². The lowest BCUT2D eigenvalue weighted by Gasteiger charge is -2.31. The Hall–Kier alpha value is -0.650. The third-order valence-electron chi connectivity index (χ3n) is 3.63. The fourth-order valence-electron chi connectivity index (χ4n) is 2.46. The molecule has 5 heteroatoms. The van der Waals surface area contributed by atoms with Gasteiger partial charge in [0.05, 0.1) is 19.3 Å². The zero-order chi connectivity index (χ0) is 12.3. The Kier molecular flexibility index (Phi) is 4.36. The molecule has 0 bridgehead atoms. The summed E-state index contributed by atoms with van der Waals surface area (Å²) in [6, 6.07) is -0.262. The number of rotatable bonds is 3. The van der Waals surface area contributed by atoms with Crippen LogP contribution >= 0.6 is 0 Å². The van der Waals surface area contributed by atoms with Crippen molar-refractivity contribution in [3.8, 4) is 0 Å². The molecule has 5 nitrogen and oxygen atoms in total. The van der Waals surface area contributed by atoms with Gasteiger partial charge >= 0.3 is 5.97 Å². The van der Waals surface area contributed by atoms with Crippen LogP contribution in [0.4, 0.5) is 0 Å². The number of esters is 1. The third kappa shape index (κ3) is 2.97. The predicted molar refractivity (Wildman–Crippen MR) is 61.8 cm³/mol. The molecule has 0 unspecified atom stereocenters. The monoisotopic (exact) mass is 243 g/mol. The number of ether oxygens (including phenoxy) is 3. The van der Waals surface area contributed by atoms with E-state index >= 15 is 0 Å². The molecule has 2 fully saturated rings. The van der Waals surface area contributed by atoms with Gasteiger partial charge in [0.1, 0.15) is 12.1 Å². The summed E-state index contributed by atoms with van der Waals surface area (Å²) in [6.45, 7) is 1.89. The number of methoxy groups -OCH3 is 1. The Morgan fingerprint density at radius 2 is 2.12 bits per heavy atom. The number of hydrogen-bond donors (Lipinski definition) is 0. The first-order valence-electron chi connectivity index (χ1n) is 6.23. The molecule has 0 aromatic carbocycles. The average Bonchev–Trinajstić information content (AvgIpc) is 2.76. The molecule has 0 N–H and O–H groups in total.